The van der Waals surface area contributed by atoms with Gasteiger partial charge in [-0.25, -0.2) is 0 Å². The molecule has 1 aromatic heterocycles. The topological polar surface area (TPSA) is 90.7 Å². The lowest BCUT2D eigenvalue weighted by Gasteiger charge is -2.07. The molecule has 7 heteroatoms. The molecule has 0 bridgehead atoms. The second-order valence-electron chi connectivity index (χ2n) is 3.42. The van der Waals surface area contributed by atoms with Crippen molar-refractivity contribution in [3.63, 3.8) is 0 Å². The smallest absolute Gasteiger partial charge is 0.231 e. The maximum atomic E-state index is 10.1. The van der Waals surface area contributed by atoms with Crippen molar-refractivity contribution in [2.75, 3.05) is 12.5 Å². The van der Waals surface area contributed by atoms with Crippen LogP contribution in [0.3, 0.4) is 0 Å². The van der Waals surface area contributed by atoms with Gasteiger partial charge in [0.15, 0.2) is 11.5 Å². The van der Waals surface area contributed by atoms with Crippen LogP contribution in [0.4, 0.5) is 5.88 Å². The number of fused-ring (bicyclic) bond motifs is 1. The largest absolute Gasteiger partial charge is 0.506 e. The van der Waals surface area contributed by atoms with Crippen LogP contribution in [-0.4, -0.2) is 17.1 Å². The van der Waals surface area contributed by atoms with E-state index < -0.39 is 0 Å². The minimum absolute atomic E-state index is 0.00384. The molecule has 0 spiro atoms. The van der Waals surface area contributed by atoms with E-state index >= 15 is 0 Å². The van der Waals surface area contributed by atoms with Gasteiger partial charge in [0.1, 0.15) is 10.2 Å². The van der Waals surface area contributed by atoms with Gasteiger partial charge in [-0.2, -0.15) is 0 Å². The Morgan fingerprint density at radius 1 is 1.35 bits per heavy atom. The molecule has 2 heterocycles. The highest BCUT2D eigenvalue weighted by atomic mass is 79.9. The summed E-state index contributed by atoms with van der Waals surface area (Å²) in [6, 6.07) is 1.63. The summed E-state index contributed by atoms with van der Waals surface area (Å²) in [5.74, 6) is 1.14. The van der Waals surface area contributed by atoms with E-state index in [1.807, 2.05) is 0 Å². The summed E-state index contributed by atoms with van der Waals surface area (Å²) in [6.45, 7) is 0.121. The van der Waals surface area contributed by atoms with E-state index in [9.17, 15) is 5.11 Å². The molecule has 0 aliphatic carbocycles. The molecule has 0 saturated carbocycles. The van der Waals surface area contributed by atoms with Crippen LogP contribution in [0.1, 0.15) is 0 Å². The third kappa shape index (κ3) is 1.42. The molecule has 3 N–H and O–H groups in total. The standard InChI is InChI=1S/C10H7BrN2O4/c11-7-8(14)4(5-2-13-17-10(5)12)1-6-9(7)16-3-15-6/h1-2,14H,3,12H2. The van der Waals surface area contributed by atoms with Crippen molar-refractivity contribution in [2.24, 2.45) is 0 Å². The van der Waals surface area contributed by atoms with E-state index in [0.717, 1.165) is 0 Å². The van der Waals surface area contributed by atoms with Crippen molar-refractivity contribution < 1.29 is 19.1 Å². The Morgan fingerprint density at radius 3 is 2.88 bits per heavy atom. The minimum Gasteiger partial charge on any atom is -0.506 e. The third-order valence-electron chi connectivity index (χ3n) is 2.47. The summed E-state index contributed by atoms with van der Waals surface area (Å²) in [5.41, 5.74) is 6.58. The van der Waals surface area contributed by atoms with E-state index in [-0.39, 0.29) is 18.4 Å². The normalized spacial score (nSPS) is 13.0. The van der Waals surface area contributed by atoms with Gasteiger partial charge in [0.05, 0.1) is 11.8 Å². The number of anilines is 1. The summed E-state index contributed by atoms with van der Waals surface area (Å²) < 4.78 is 15.7. The number of benzene rings is 1. The third-order valence-corrected chi connectivity index (χ3v) is 3.20. The molecule has 0 unspecified atom stereocenters. The summed E-state index contributed by atoms with van der Waals surface area (Å²) in [4.78, 5) is 0. The van der Waals surface area contributed by atoms with Crippen molar-refractivity contribution >= 4 is 21.8 Å². The van der Waals surface area contributed by atoms with E-state index in [0.29, 0.717) is 27.1 Å². The SMILES string of the molecule is Nc1oncc1-c1cc2c(c(Br)c1O)OCO2. The molecule has 3 rings (SSSR count). The number of aromatic hydroxyl groups is 1. The second kappa shape index (κ2) is 3.56. The Hall–Kier alpha value is -1.89. The van der Waals surface area contributed by atoms with Crippen LogP contribution in [0.5, 0.6) is 17.2 Å². The number of halogens is 1. The maximum Gasteiger partial charge on any atom is 0.231 e. The van der Waals surface area contributed by atoms with Gasteiger partial charge in [0.2, 0.25) is 12.7 Å². The van der Waals surface area contributed by atoms with E-state index in [1.165, 1.54) is 6.20 Å². The van der Waals surface area contributed by atoms with Crippen molar-refractivity contribution in [1.29, 1.82) is 0 Å². The molecule has 0 fully saturated rings. The van der Waals surface area contributed by atoms with Gasteiger partial charge >= 0.3 is 0 Å². The predicted molar refractivity (Wildman–Crippen MR) is 61.8 cm³/mol. The van der Waals surface area contributed by atoms with Gasteiger partial charge in [0, 0.05) is 5.56 Å². The first kappa shape index (κ1) is 10.3. The molecule has 1 aliphatic rings. The van der Waals surface area contributed by atoms with Crippen LogP contribution in [0.25, 0.3) is 11.1 Å². The lowest BCUT2D eigenvalue weighted by molar-refractivity contribution is 0.173. The Balaban J connectivity index is 2.25. The Bertz CT molecular complexity index is 596. The monoisotopic (exact) mass is 298 g/mol. The quantitative estimate of drug-likeness (QED) is 0.838. The lowest BCUT2D eigenvalue weighted by Crippen LogP contribution is -1.93. The molecule has 0 atom stereocenters. The van der Waals surface area contributed by atoms with Crippen LogP contribution >= 0.6 is 15.9 Å². The van der Waals surface area contributed by atoms with Crippen LogP contribution in [0.15, 0.2) is 21.3 Å². The fraction of sp³-hybridized carbons (Fsp3) is 0.100. The highest BCUT2D eigenvalue weighted by Gasteiger charge is 2.25. The number of hydrogen-bond acceptors (Lipinski definition) is 6. The van der Waals surface area contributed by atoms with E-state index in [1.54, 1.807) is 6.07 Å². The molecule has 17 heavy (non-hydrogen) atoms. The second-order valence-corrected chi connectivity index (χ2v) is 4.22. The van der Waals surface area contributed by atoms with Gasteiger partial charge in [-0.3, -0.25) is 0 Å². The maximum absolute atomic E-state index is 10.1. The molecule has 0 saturated heterocycles. The van der Waals surface area contributed by atoms with E-state index in [4.69, 9.17) is 19.7 Å². The fourth-order valence-corrected chi connectivity index (χ4v) is 2.17. The number of hydrogen-bond donors (Lipinski definition) is 2. The van der Waals surface area contributed by atoms with Crippen molar-refractivity contribution in [1.82, 2.24) is 5.16 Å². The van der Waals surface area contributed by atoms with Crippen molar-refractivity contribution in [3.8, 4) is 28.4 Å². The Labute approximate surface area is 104 Å². The Kier molecular flexibility index (Phi) is 2.15. The van der Waals surface area contributed by atoms with Crippen LogP contribution < -0.4 is 15.2 Å². The molecule has 88 valence electrons. The number of phenols is 1. The first-order chi connectivity index (χ1) is 8.18. The number of phenolic OH excluding ortho intramolecular Hbond substituents is 1. The van der Waals surface area contributed by atoms with E-state index in [2.05, 4.69) is 21.1 Å². The molecule has 1 aromatic carbocycles. The summed E-state index contributed by atoms with van der Waals surface area (Å²) in [5, 5.41) is 13.6. The zero-order valence-electron chi connectivity index (χ0n) is 8.44. The first-order valence-electron chi connectivity index (χ1n) is 4.70. The predicted octanol–water partition coefficient (Wildman–Crippen LogP) is 2.12. The molecular weight excluding hydrogens is 292 g/mol. The summed E-state index contributed by atoms with van der Waals surface area (Å²) in [7, 11) is 0. The zero-order valence-corrected chi connectivity index (χ0v) is 10.0. The van der Waals surface area contributed by atoms with Gasteiger partial charge in [-0.15, -0.1) is 0 Å². The number of rotatable bonds is 1. The lowest BCUT2D eigenvalue weighted by atomic mass is 10.1. The summed E-state index contributed by atoms with van der Waals surface area (Å²) >= 11 is 3.25. The van der Waals surface area contributed by atoms with Crippen LogP contribution in [-0.2, 0) is 0 Å². The summed E-state index contributed by atoms with van der Waals surface area (Å²) in [6.07, 6.45) is 1.43. The molecule has 0 radical (unpaired) electrons. The number of aromatic nitrogens is 1. The van der Waals surface area contributed by atoms with Gasteiger partial charge in [-0.1, -0.05) is 5.16 Å². The molecule has 1 aliphatic heterocycles. The average molecular weight is 299 g/mol. The van der Waals surface area contributed by atoms with Crippen molar-refractivity contribution in [3.05, 3.63) is 16.7 Å². The average Bonchev–Trinajstić information content (AvgIpc) is 2.92. The molecular formula is C10H7BrN2O4. The van der Waals surface area contributed by atoms with Gasteiger partial charge in [-0.05, 0) is 22.0 Å². The first-order valence-corrected chi connectivity index (χ1v) is 5.49. The van der Waals surface area contributed by atoms with Crippen molar-refractivity contribution in [2.45, 2.75) is 0 Å². The number of nitrogens with zero attached hydrogens (tertiary/aromatic N) is 1. The number of nitrogens with two attached hydrogens (primary N) is 1. The molecule has 2 aromatic rings. The highest BCUT2D eigenvalue weighted by molar-refractivity contribution is 9.10. The number of ether oxygens (including phenoxy) is 2. The molecule has 6 nitrogen and oxygen atoms in total. The highest BCUT2D eigenvalue weighted by Crippen LogP contribution is 2.49. The molecule has 0 amide bonds. The van der Waals surface area contributed by atoms with Gasteiger partial charge in [0.25, 0.3) is 0 Å². The van der Waals surface area contributed by atoms with Crippen LogP contribution in [0, 0.1) is 0 Å². The minimum atomic E-state index is 0.00384. The zero-order chi connectivity index (χ0) is 12.0. The fourth-order valence-electron chi connectivity index (χ4n) is 1.65. The Morgan fingerprint density at radius 2 is 2.18 bits per heavy atom. The number of nitrogen functional groups attached to an aromatic ring is 1. The van der Waals surface area contributed by atoms with Crippen LogP contribution in [0.2, 0.25) is 0 Å². The van der Waals surface area contributed by atoms with Gasteiger partial charge < -0.3 is 24.8 Å².